The number of para-hydroxylation sites is 1. The zero-order chi connectivity index (χ0) is 21.5. The van der Waals surface area contributed by atoms with Gasteiger partial charge in [0.2, 0.25) is 0 Å². The summed E-state index contributed by atoms with van der Waals surface area (Å²) in [7, 11) is 2.92. The van der Waals surface area contributed by atoms with Gasteiger partial charge in [0.25, 0.3) is 5.91 Å². The maximum atomic E-state index is 12.8. The van der Waals surface area contributed by atoms with Crippen LogP contribution in [0.25, 0.3) is 0 Å². The number of ether oxygens (including phenoxy) is 2. The standard InChI is InChI=1S/C24H23NO4S/c1-16-8-11-19(12-9-16)30-15-18-14-17(10-13-22(18)28-2)23(26)25-21-7-5-4-6-20(21)24(27)29-3/h4-14H,15H2,1-3H3,(H,25,26). The summed E-state index contributed by atoms with van der Waals surface area (Å²) in [6, 6.07) is 20.3. The minimum Gasteiger partial charge on any atom is -0.496 e. The molecule has 0 spiro atoms. The van der Waals surface area contributed by atoms with Gasteiger partial charge in [0.05, 0.1) is 25.5 Å². The predicted molar refractivity (Wildman–Crippen MR) is 119 cm³/mol. The van der Waals surface area contributed by atoms with E-state index in [1.54, 1.807) is 55.3 Å². The van der Waals surface area contributed by atoms with E-state index >= 15 is 0 Å². The summed E-state index contributed by atoms with van der Waals surface area (Å²) in [6.45, 7) is 2.05. The van der Waals surface area contributed by atoms with Gasteiger partial charge < -0.3 is 14.8 Å². The molecular formula is C24H23NO4S. The molecule has 3 aromatic rings. The number of methoxy groups -OCH3 is 2. The van der Waals surface area contributed by atoms with Gasteiger partial charge >= 0.3 is 5.97 Å². The van der Waals surface area contributed by atoms with Crippen molar-refractivity contribution in [1.82, 2.24) is 0 Å². The van der Waals surface area contributed by atoms with Crippen LogP contribution in [0.2, 0.25) is 0 Å². The highest BCUT2D eigenvalue weighted by atomic mass is 32.2. The molecule has 0 unspecified atom stereocenters. The third-order valence-corrected chi connectivity index (χ3v) is 5.60. The molecule has 0 heterocycles. The van der Waals surface area contributed by atoms with Crippen LogP contribution in [0.3, 0.4) is 0 Å². The Morgan fingerprint density at radius 3 is 2.40 bits per heavy atom. The lowest BCUT2D eigenvalue weighted by Gasteiger charge is -2.13. The number of hydrogen-bond donors (Lipinski definition) is 1. The second kappa shape index (κ2) is 9.98. The number of thioether (sulfide) groups is 1. The van der Waals surface area contributed by atoms with Crippen molar-refractivity contribution in [1.29, 1.82) is 0 Å². The van der Waals surface area contributed by atoms with Crippen LogP contribution in [0.5, 0.6) is 5.75 Å². The van der Waals surface area contributed by atoms with Crippen molar-refractivity contribution in [2.45, 2.75) is 17.6 Å². The molecule has 0 saturated heterocycles. The lowest BCUT2D eigenvalue weighted by Crippen LogP contribution is -2.15. The summed E-state index contributed by atoms with van der Waals surface area (Å²) in [6.07, 6.45) is 0. The summed E-state index contributed by atoms with van der Waals surface area (Å²) < 4.78 is 10.3. The number of anilines is 1. The SMILES string of the molecule is COC(=O)c1ccccc1NC(=O)c1ccc(OC)c(CSc2ccc(C)cc2)c1. The molecule has 0 aliphatic carbocycles. The van der Waals surface area contributed by atoms with Gasteiger partial charge in [-0.25, -0.2) is 4.79 Å². The van der Waals surface area contributed by atoms with Crippen LogP contribution in [0.1, 0.15) is 31.8 Å². The van der Waals surface area contributed by atoms with Gasteiger partial charge in [0.1, 0.15) is 5.75 Å². The third kappa shape index (κ3) is 5.21. The number of benzene rings is 3. The molecule has 6 heteroatoms. The lowest BCUT2D eigenvalue weighted by atomic mass is 10.1. The first kappa shape index (κ1) is 21.5. The zero-order valence-corrected chi connectivity index (χ0v) is 17.9. The van der Waals surface area contributed by atoms with E-state index in [0.717, 1.165) is 16.2 Å². The Bertz CT molecular complexity index is 1050. The number of hydrogen-bond acceptors (Lipinski definition) is 5. The fraction of sp³-hybridized carbons (Fsp3) is 0.167. The van der Waals surface area contributed by atoms with Gasteiger partial charge in [-0.05, 0) is 49.4 Å². The average molecular weight is 422 g/mol. The van der Waals surface area contributed by atoms with Crippen LogP contribution < -0.4 is 10.1 Å². The van der Waals surface area contributed by atoms with Gasteiger partial charge in [-0.3, -0.25) is 4.79 Å². The number of nitrogens with one attached hydrogen (secondary N) is 1. The van der Waals surface area contributed by atoms with Crippen LogP contribution in [-0.2, 0) is 10.5 Å². The van der Waals surface area contributed by atoms with Crippen LogP contribution in [0, 0.1) is 6.92 Å². The van der Waals surface area contributed by atoms with E-state index in [2.05, 4.69) is 36.5 Å². The van der Waals surface area contributed by atoms with Crippen molar-refractivity contribution >= 4 is 29.3 Å². The first-order valence-electron chi connectivity index (χ1n) is 9.37. The van der Waals surface area contributed by atoms with Gasteiger partial charge in [0.15, 0.2) is 0 Å². The number of carbonyl (C=O) groups excluding carboxylic acids is 2. The minimum atomic E-state index is -0.504. The number of rotatable bonds is 7. The van der Waals surface area contributed by atoms with E-state index in [-0.39, 0.29) is 5.91 Å². The van der Waals surface area contributed by atoms with Crippen molar-refractivity contribution in [2.75, 3.05) is 19.5 Å². The molecule has 0 radical (unpaired) electrons. The second-order valence-electron chi connectivity index (χ2n) is 6.62. The van der Waals surface area contributed by atoms with Crippen molar-refractivity contribution in [3.8, 4) is 5.75 Å². The molecule has 0 aliphatic rings. The molecule has 1 amide bonds. The van der Waals surface area contributed by atoms with E-state index in [4.69, 9.17) is 9.47 Å². The maximum Gasteiger partial charge on any atom is 0.339 e. The average Bonchev–Trinajstić information content (AvgIpc) is 2.78. The molecule has 0 bridgehead atoms. The molecule has 154 valence electrons. The largest absolute Gasteiger partial charge is 0.496 e. The number of aryl methyl sites for hydroxylation is 1. The normalized spacial score (nSPS) is 10.4. The van der Waals surface area contributed by atoms with Gasteiger partial charge in [-0.2, -0.15) is 0 Å². The highest BCUT2D eigenvalue weighted by Gasteiger charge is 2.16. The molecular weight excluding hydrogens is 398 g/mol. The third-order valence-electron chi connectivity index (χ3n) is 4.54. The van der Waals surface area contributed by atoms with E-state index in [1.807, 2.05) is 6.07 Å². The fourth-order valence-corrected chi connectivity index (χ4v) is 3.78. The molecule has 30 heavy (non-hydrogen) atoms. The first-order chi connectivity index (χ1) is 14.5. The summed E-state index contributed by atoms with van der Waals surface area (Å²) in [5.41, 5.74) is 3.31. The highest BCUT2D eigenvalue weighted by molar-refractivity contribution is 7.98. The molecule has 0 saturated carbocycles. The second-order valence-corrected chi connectivity index (χ2v) is 7.67. The molecule has 0 fully saturated rings. The summed E-state index contributed by atoms with van der Waals surface area (Å²) in [5, 5.41) is 2.80. The Hall–Kier alpha value is -3.25. The quantitative estimate of drug-likeness (QED) is 0.412. The molecule has 0 aliphatic heterocycles. The van der Waals surface area contributed by atoms with Gasteiger partial charge in [-0.1, -0.05) is 29.8 Å². The fourth-order valence-electron chi connectivity index (χ4n) is 2.90. The van der Waals surface area contributed by atoms with Crippen LogP contribution >= 0.6 is 11.8 Å². The maximum absolute atomic E-state index is 12.8. The smallest absolute Gasteiger partial charge is 0.339 e. The van der Waals surface area contributed by atoms with E-state index in [1.165, 1.54) is 12.7 Å². The Labute approximate surface area is 180 Å². The summed E-state index contributed by atoms with van der Waals surface area (Å²) in [5.74, 6) is 0.569. The molecule has 1 N–H and O–H groups in total. The van der Waals surface area contributed by atoms with E-state index in [9.17, 15) is 9.59 Å². The first-order valence-corrected chi connectivity index (χ1v) is 10.4. The van der Waals surface area contributed by atoms with Crippen molar-refractivity contribution in [3.05, 3.63) is 89.0 Å². The van der Waals surface area contributed by atoms with Crippen LogP contribution in [0.4, 0.5) is 5.69 Å². The lowest BCUT2D eigenvalue weighted by molar-refractivity contribution is 0.0602. The van der Waals surface area contributed by atoms with E-state index < -0.39 is 5.97 Å². The molecule has 0 atom stereocenters. The molecule has 0 aromatic heterocycles. The molecule has 5 nitrogen and oxygen atoms in total. The predicted octanol–water partition coefficient (Wildman–Crippen LogP) is 5.33. The monoisotopic (exact) mass is 421 g/mol. The Morgan fingerprint density at radius 2 is 1.70 bits per heavy atom. The number of esters is 1. The van der Waals surface area contributed by atoms with Crippen molar-refractivity contribution in [3.63, 3.8) is 0 Å². The Balaban J connectivity index is 1.79. The minimum absolute atomic E-state index is 0.303. The van der Waals surface area contributed by atoms with Crippen LogP contribution in [0.15, 0.2) is 71.6 Å². The highest BCUT2D eigenvalue weighted by Crippen LogP contribution is 2.29. The number of amides is 1. The molecule has 3 rings (SSSR count). The Morgan fingerprint density at radius 1 is 0.967 bits per heavy atom. The van der Waals surface area contributed by atoms with Gasteiger partial charge in [-0.15, -0.1) is 11.8 Å². The van der Waals surface area contributed by atoms with Crippen molar-refractivity contribution in [2.24, 2.45) is 0 Å². The summed E-state index contributed by atoms with van der Waals surface area (Å²) in [4.78, 5) is 25.9. The van der Waals surface area contributed by atoms with Gasteiger partial charge in [0, 0.05) is 21.8 Å². The van der Waals surface area contributed by atoms with E-state index in [0.29, 0.717) is 22.6 Å². The number of carbonyl (C=O) groups is 2. The topological polar surface area (TPSA) is 64.6 Å². The molecule has 3 aromatic carbocycles. The zero-order valence-electron chi connectivity index (χ0n) is 17.1. The van der Waals surface area contributed by atoms with Crippen LogP contribution in [-0.4, -0.2) is 26.1 Å². The Kier molecular flexibility index (Phi) is 7.14. The van der Waals surface area contributed by atoms with Crippen molar-refractivity contribution < 1.29 is 19.1 Å². The summed E-state index contributed by atoms with van der Waals surface area (Å²) >= 11 is 1.67.